The highest BCUT2D eigenvalue weighted by atomic mass is 16.1. The van der Waals surface area contributed by atoms with Crippen LogP contribution in [0.3, 0.4) is 0 Å². The van der Waals surface area contributed by atoms with Gasteiger partial charge in [-0.25, -0.2) is 0 Å². The van der Waals surface area contributed by atoms with Gasteiger partial charge in [-0.05, 0) is 25.0 Å². The lowest BCUT2D eigenvalue weighted by molar-refractivity contribution is 0.0952. The summed E-state index contributed by atoms with van der Waals surface area (Å²) in [7, 11) is 0. The monoisotopic (exact) mass is 246 g/mol. The summed E-state index contributed by atoms with van der Waals surface area (Å²) < 4.78 is 0. The zero-order valence-corrected chi connectivity index (χ0v) is 10.4. The Labute approximate surface area is 107 Å². The minimum absolute atomic E-state index is 0.227. The number of carbonyl (C=O) groups excluding carboxylic acids is 1. The normalized spacial score (nSPS) is 15.3. The maximum absolute atomic E-state index is 11.6. The second-order valence-corrected chi connectivity index (χ2v) is 4.43. The number of aromatic nitrogens is 2. The maximum atomic E-state index is 11.6. The first kappa shape index (κ1) is 12.5. The van der Waals surface area contributed by atoms with Crippen LogP contribution in [0, 0.1) is 0 Å². The van der Waals surface area contributed by atoms with Crippen LogP contribution in [0.25, 0.3) is 0 Å². The highest BCUT2D eigenvalue weighted by Gasteiger charge is 2.15. The molecule has 5 nitrogen and oxygen atoms in total. The van der Waals surface area contributed by atoms with Gasteiger partial charge >= 0.3 is 0 Å². The number of nitrogens with one attached hydrogen (secondary N) is 2. The lowest BCUT2D eigenvalue weighted by Gasteiger charge is -2.11. The van der Waals surface area contributed by atoms with Crippen LogP contribution in [-0.2, 0) is 0 Å². The van der Waals surface area contributed by atoms with Crippen molar-refractivity contribution in [1.29, 1.82) is 0 Å². The molecule has 1 fully saturated rings. The zero-order valence-electron chi connectivity index (χ0n) is 10.4. The second-order valence-electron chi connectivity index (χ2n) is 4.43. The fourth-order valence-corrected chi connectivity index (χ4v) is 2.07. The third-order valence-electron chi connectivity index (χ3n) is 3.01. The van der Waals surface area contributed by atoms with Crippen LogP contribution in [0.4, 0.5) is 5.82 Å². The smallest absolute Gasteiger partial charge is 0.272 e. The van der Waals surface area contributed by atoms with Gasteiger partial charge in [0.2, 0.25) is 0 Å². The van der Waals surface area contributed by atoms with Crippen LogP contribution in [-0.4, -0.2) is 28.7 Å². The molecule has 1 aliphatic carbocycles. The fraction of sp³-hybridized carbons (Fsp3) is 0.462. The van der Waals surface area contributed by atoms with Gasteiger partial charge in [-0.15, -0.1) is 16.8 Å². The minimum atomic E-state index is -0.227. The summed E-state index contributed by atoms with van der Waals surface area (Å²) in [6.07, 6.45) is 6.54. The van der Waals surface area contributed by atoms with Crippen LogP contribution in [0.2, 0.25) is 0 Å². The van der Waals surface area contributed by atoms with Crippen molar-refractivity contribution >= 4 is 11.7 Å². The van der Waals surface area contributed by atoms with Gasteiger partial charge in [0.1, 0.15) is 5.82 Å². The summed E-state index contributed by atoms with van der Waals surface area (Å²) in [5, 5.41) is 13.9. The molecule has 18 heavy (non-hydrogen) atoms. The van der Waals surface area contributed by atoms with E-state index in [2.05, 4.69) is 27.4 Å². The molecule has 5 heteroatoms. The Bertz CT molecular complexity index is 410. The van der Waals surface area contributed by atoms with Crippen LogP contribution >= 0.6 is 0 Å². The Morgan fingerprint density at radius 3 is 2.78 bits per heavy atom. The zero-order chi connectivity index (χ0) is 12.8. The van der Waals surface area contributed by atoms with E-state index in [4.69, 9.17) is 0 Å². The third-order valence-corrected chi connectivity index (χ3v) is 3.01. The van der Waals surface area contributed by atoms with Crippen molar-refractivity contribution in [3.63, 3.8) is 0 Å². The molecule has 1 heterocycles. The van der Waals surface area contributed by atoms with Gasteiger partial charge in [-0.3, -0.25) is 4.79 Å². The molecule has 96 valence electrons. The Morgan fingerprint density at radius 2 is 2.17 bits per heavy atom. The molecule has 0 saturated heterocycles. The summed E-state index contributed by atoms with van der Waals surface area (Å²) in [5.74, 6) is 0.511. The molecule has 0 bridgehead atoms. The van der Waals surface area contributed by atoms with Gasteiger partial charge in [0.25, 0.3) is 5.91 Å². The molecule has 0 aliphatic heterocycles. The number of anilines is 1. The van der Waals surface area contributed by atoms with Gasteiger partial charge in [0.15, 0.2) is 5.69 Å². The second kappa shape index (κ2) is 6.14. The molecule has 0 spiro atoms. The predicted octanol–water partition coefficient (Wildman–Crippen LogP) is 1.75. The first-order chi connectivity index (χ1) is 8.79. The highest BCUT2D eigenvalue weighted by molar-refractivity contribution is 5.92. The largest absolute Gasteiger partial charge is 0.366 e. The number of rotatable bonds is 5. The molecule has 2 N–H and O–H groups in total. The average molecular weight is 246 g/mol. The fourth-order valence-electron chi connectivity index (χ4n) is 2.07. The van der Waals surface area contributed by atoms with Gasteiger partial charge in [-0.1, -0.05) is 18.9 Å². The van der Waals surface area contributed by atoms with Crippen molar-refractivity contribution in [1.82, 2.24) is 15.5 Å². The minimum Gasteiger partial charge on any atom is -0.366 e. The summed E-state index contributed by atoms with van der Waals surface area (Å²) >= 11 is 0. The maximum Gasteiger partial charge on any atom is 0.272 e. The molecule has 1 amide bonds. The molecule has 0 aromatic carbocycles. The Balaban J connectivity index is 1.91. The first-order valence-corrected chi connectivity index (χ1v) is 6.29. The molecular weight excluding hydrogens is 228 g/mol. The van der Waals surface area contributed by atoms with E-state index in [0.717, 1.165) is 5.82 Å². The van der Waals surface area contributed by atoms with Gasteiger partial charge in [0, 0.05) is 12.6 Å². The van der Waals surface area contributed by atoms with Gasteiger partial charge in [0.05, 0.1) is 0 Å². The van der Waals surface area contributed by atoms with Crippen LogP contribution in [0.15, 0.2) is 24.8 Å². The van der Waals surface area contributed by atoms with Crippen molar-refractivity contribution in [2.24, 2.45) is 0 Å². The quantitative estimate of drug-likeness (QED) is 0.777. The molecule has 1 aliphatic rings. The van der Waals surface area contributed by atoms with E-state index < -0.39 is 0 Å². The molecule has 1 saturated carbocycles. The highest BCUT2D eigenvalue weighted by Crippen LogP contribution is 2.20. The third kappa shape index (κ3) is 3.29. The Morgan fingerprint density at radius 1 is 1.39 bits per heavy atom. The van der Waals surface area contributed by atoms with E-state index in [1.807, 2.05) is 0 Å². The van der Waals surface area contributed by atoms with Crippen molar-refractivity contribution in [2.45, 2.75) is 31.7 Å². The summed E-state index contributed by atoms with van der Waals surface area (Å²) in [5.41, 5.74) is 0.328. The molecule has 1 aromatic heterocycles. The van der Waals surface area contributed by atoms with E-state index in [1.54, 1.807) is 18.2 Å². The molecule has 2 rings (SSSR count). The molecule has 0 atom stereocenters. The number of amides is 1. The number of hydrogen-bond acceptors (Lipinski definition) is 4. The van der Waals surface area contributed by atoms with Crippen molar-refractivity contribution in [3.05, 3.63) is 30.5 Å². The van der Waals surface area contributed by atoms with Crippen molar-refractivity contribution in [3.8, 4) is 0 Å². The summed E-state index contributed by atoms with van der Waals surface area (Å²) in [6, 6.07) is 3.98. The predicted molar refractivity (Wildman–Crippen MR) is 70.4 cm³/mol. The molecule has 0 radical (unpaired) electrons. The van der Waals surface area contributed by atoms with Crippen LogP contribution in [0.5, 0.6) is 0 Å². The van der Waals surface area contributed by atoms with E-state index in [9.17, 15) is 4.79 Å². The average Bonchev–Trinajstić information content (AvgIpc) is 2.89. The van der Waals surface area contributed by atoms with Crippen molar-refractivity contribution in [2.75, 3.05) is 11.9 Å². The standard InChI is InChI=1S/C13H18N4O/c1-2-9-14-13(18)11-7-8-12(17-16-11)15-10-5-3-4-6-10/h2,7-8,10H,1,3-6,9H2,(H,14,18)(H,15,17). The topological polar surface area (TPSA) is 66.9 Å². The molecular formula is C13H18N4O. The van der Waals surface area contributed by atoms with E-state index in [-0.39, 0.29) is 5.91 Å². The SMILES string of the molecule is C=CCNC(=O)c1ccc(NC2CCCC2)nn1. The lowest BCUT2D eigenvalue weighted by atomic mass is 10.2. The van der Waals surface area contributed by atoms with E-state index >= 15 is 0 Å². The van der Waals surface area contributed by atoms with Crippen molar-refractivity contribution < 1.29 is 4.79 Å². The molecule has 1 aromatic rings. The van der Waals surface area contributed by atoms with Crippen LogP contribution in [0.1, 0.15) is 36.2 Å². The Hall–Kier alpha value is -1.91. The number of carbonyl (C=O) groups is 1. The number of nitrogens with zero attached hydrogens (tertiary/aromatic N) is 2. The van der Waals surface area contributed by atoms with E-state index in [1.165, 1.54) is 25.7 Å². The van der Waals surface area contributed by atoms with Gasteiger partial charge in [-0.2, -0.15) is 0 Å². The van der Waals surface area contributed by atoms with E-state index in [0.29, 0.717) is 18.3 Å². The van der Waals surface area contributed by atoms with Crippen LogP contribution < -0.4 is 10.6 Å². The summed E-state index contributed by atoms with van der Waals surface area (Å²) in [4.78, 5) is 11.6. The number of hydrogen-bond donors (Lipinski definition) is 2. The first-order valence-electron chi connectivity index (χ1n) is 6.29. The Kier molecular flexibility index (Phi) is 4.28. The summed E-state index contributed by atoms with van der Waals surface area (Å²) in [6.45, 7) is 3.97. The van der Waals surface area contributed by atoms with Gasteiger partial charge < -0.3 is 10.6 Å². The molecule has 0 unspecified atom stereocenters. The lowest BCUT2D eigenvalue weighted by Crippen LogP contribution is -2.24.